The van der Waals surface area contributed by atoms with Crippen molar-refractivity contribution in [2.24, 2.45) is 4.99 Å². The normalized spacial score (nSPS) is 17.2. The third-order valence-corrected chi connectivity index (χ3v) is 4.69. The Morgan fingerprint density at radius 2 is 2.19 bits per heavy atom. The van der Waals surface area contributed by atoms with Gasteiger partial charge in [0.1, 0.15) is 5.76 Å². The van der Waals surface area contributed by atoms with Gasteiger partial charge in [-0.1, -0.05) is 6.42 Å². The van der Waals surface area contributed by atoms with E-state index in [-0.39, 0.29) is 6.04 Å². The van der Waals surface area contributed by atoms with Crippen LogP contribution in [0.3, 0.4) is 0 Å². The summed E-state index contributed by atoms with van der Waals surface area (Å²) in [5.41, 5.74) is 0. The molecule has 1 atom stereocenters. The molecule has 0 bridgehead atoms. The molecule has 0 amide bonds. The molecule has 1 unspecified atom stereocenters. The van der Waals surface area contributed by atoms with Crippen LogP contribution < -0.4 is 10.6 Å². The minimum absolute atomic E-state index is 0.203. The molecule has 1 aliphatic heterocycles. The lowest BCUT2D eigenvalue weighted by molar-refractivity contribution is 0.150. The van der Waals surface area contributed by atoms with E-state index in [9.17, 15) is 0 Å². The van der Waals surface area contributed by atoms with E-state index in [2.05, 4.69) is 38.1 Å². The van der Waals surface area contributed by atoms with Crippen molar-refractivity contribution in [3.8, 4) is 0 Å². The van der Waals surface area contributed by atoms with Gasteiger partial charge in [0.05, 0.1) is 25.2 Å². The summed E-state index contributed by atoms with van der Waals surface area (Å²) < 4.78 is 7.76. The number of hydrogen-bond donors (Lipinski definition) is 2. The Labute approximate surface area is 155 Å². The number of aliphatic imine (C=N–C) groups is 1. The highest BCUT2D eigenvalue weighted by molar-refractivity contribution is 5.79. The predicted molar refractivity (Wildman–Crippen MR) is 103 cm³/mol. The van der Waals surface area contributed by atoms with Crippen LogP contribution in [0.25, 0.3) is 0 Å². The summed E-state index contributed by atoms with van der Waals surface area (Å²) in [6.45, 7) is 7.51. The molecule has 3 rings (SSSR count). The molecule has 142 valence electrons. The fourth-order valence-electron chi connectivity index (χ4n) is 3.34. The summed E-state index contributed by atoms with van der Waals surface area (Å²) in [5, 5.41) is 6.73. The molecule has 2 aromatic rings. The molecular weight excluding hydrogens is 328 g/mol. The Bertz CT molecular complexity index is 631. The Balaban J connectivity index is 1.60. The van der Waals surface area contributed by atoms with Gasteiger partial charge in [-0.2, -0.15) is 0 Å². The summed E-state index contributed by atoms with van der Waals surface area (Å²) in [5.74, 6) is 1.85. The van der Waals surface area contributed by atoms with Gasteiger partial charge in [-0.25, -0.2) is 4.98 Å². The van der Waals surface area contributed by atoms with Gasteiger partial charge in [0.25, 0.3) is 0 Å². The Morgan fingerprint density at radius 3 is 2.88 bits per heavy atom. The second-order valence-electron chi connectivity index (χ2n) is 6.57. The number of nitrogens with one attached hydrogen (secondary N) is 2. The van der Waals surface area contributed by atoms with E-state index in [1.165, 1.54) is 19.3 Å². The maximum absolute atomic E-state index is 5.71. The third-order valence-electron chi connectivity index (χ3n) is 4.69. The van der Waals surface area contributed by atoms with Crippen LogP contribution in [0, 0.1) is 0 Å². The maximum Gasteiger partial charge on any atom is 0.191 e. The average molecular weight is 358 g/mol. The quantitative estimate of drug-likeness (QED) is 0.559. The number of nitrogens with zero attached hydrogens (tertiary/aromatic N) is 4. The van der Waals surface area contributed by atoms with Crippen LogP contribution in [0.1, 0.15) is 38.0 Å². The Morgan fingerprint density at radius 1 is 1.31 bits per heavy atom. The largest absolute Gasteiger partial charge is 0.468 e. The van der Waals surface area contributed by atoms with Crippen LogP contribution in [0.5, 0.6) is 0 Å². The summed E-state index contributed by atoms with van der Waals surface area (Å²) in [4.78, 5) is 11.4. The van der Waals surface area contributed by atoms with Gasteiger partial charge < -0.3 is 19.6 Å². The van der Waals surface area contributed by atoms with Crippen LogP contribution in [-0.2, 0) is 6.54 Å². The number of likely N-dealkylation sites (tertiary alicyclic amines) is 1. The standard InChI is InChI=1S/C19H30N6O/c1-2-21-19(22-9-13-24-12-8-20-16-24)23-15-17(18-7-6-14-26-18)25-10-4-3-5-11-25/h6-8,12,14,16-17H,2-5,9-11,13,15H2,1H3,(H2,21,22,23). The van der Waals surface area contributed by atoms with Gasteiger partial charge in [-0.3, -0.25) is 9.89 Å². The third kappa shape index (κ3) is 5.36. The number of aromatic nitrogens is 2. The first-order valence-corrected chi connectivity index (χ1v) is 9.62. The van der Waals surface area contributed by atoms with Gasteiger partial charge >= 0.3 is 0 Å². The van der Waals surface area contributed by atoms with E-state index in [1.807, 2.05) is 18.6 Å². The molecule has 7 heteroatoms. The summed E-state index contributed by atoms with van der Waals surface area (Å²) in [7, 11) is 0. The Kier molecular flexibility index (Phi) is 7.13. The monoisotopic (exact) mass is 358 g/mol. The van der Waals surface area contributed by atoms with E-state index in [4.69, 9.17) is 9.41 Å². The summed E-state index contributed by atoms with van der Waals surface area (Å²) in [6.07, 6.45) is 11.2. The lowest BCUT2D eigenvalue weighted by Gasteiger charge is -2.32. The maximum atomic E-state index is 5.71. The number of piperidine rings is 1. The lowest BCUT2D eigenvalue weighted by Crippen LogP contribution is -2.40. The number of guanidine groups is 1. The minimum Gasteiger partial charge on any atom is -0.468 e. The highest BCUT2D eigenvalue weighted by atomic mass is 16.3. The summed E-state index contributed by atoms with van der Waals surface area (Å²) in [6, 6.07) is 4.23. The lowest BCUT2D eigenvalue weighted by atomic mass is 10.1. The van der Waals surface area contributed by atoms with Crippen molar-refractivity contribution >= 4 is 5.96 Å². The molecule has 1 saturated heterocycles. The molecule has 26 heavy (non-hydrogen) atoms. The van der Waals surface area contributed by atoms with Crippen molar-refractivity contribution in [3.05, 3.63) is 42.9 Å². The molecule has 2 aromatic heterocycles. The molecular formula is C19H30N6O. The number of imidazole rings is 1. The molecule has 0 spiro atoms. The fraction of sp³-hybridized carbons (Fsp3) is 0.579. The van der Waals surface area contributed by atoms with Gasteiger partial charge in [0.2, 0.25) is 0 Å². The van der Waals surface area contributed by atoms with Gasteiger partial charge in [0.15, 0.2) is 5.96 Å². The van der Waals surface area contributed by atoms with Gasteiger partial charge in [-0.15, -0.1) is 0 Å². The van der Waals surface area contributed by atoms with E-state index in [0.717, 1.165) is 44.4 Å². The topological polar surface area (TPSA) is 70.6 Å². The molecule has 3 heterocycles. The molecule has 0 aromatic carbocycles. The first-order chi connectivity index (χ1) is 12.9. The Hall–Kier alpha value is -2.28. The van der Waals surface area contributed by atoms with Crippen LogP contribution in [0.2, 0.25) is 0 Å². The second-order valence-corrected chi connectivity index (χ2v) is 6.57. The molecule has 0 radical (unpaired) electrons. The van der Waals surface area contributed by atoms with Gasteiger partial charge in [0, 0.05) is 32.0 Å². The van der Waals surface area contributed by atoms with Crippen LogP contribution in [0.4, 0.5) is 0 Å². The van der Waals surface area contributed by atoms with E-state index >= 15 is 0 Å². The average Bonchev–Trinajstić information content (AvgIpc) is 3.37. The first kappa shape index (κ1) is 18.5. The van der Waals surface area contributed by atoms with Crippen LogP contribution >= 0.6 is 0 Å². The van der Waals surface area contributed by atoms with Crippen LogP contribution in [-0.4, -0.2) is 53.1 Å². The SMILES string of the molecule is CCNC(=NCC(c1ccco1)N1CCCCC1)NCCn1ccnc1. The minimum atomic E-state index is 0.203. The number of furan rings is 1. The molecule has 2 N–H and O–H groups in total. The second kappa shape index (κ2) is 10.0. The van der Waals surface area contributed by atoms with E-state index < -0.39 is 0 Å². The smallest absolute Gasteiger partial charge is 0.191 e. The van der Waals surface area contributed by atoms with Gasteiger partial charge in [-0.05, 0) is 45.0 Å². The predicted octanol–water partition coefficient (Wildman–Crippen LogP) is 2.26. The number of rotatable bonds is 8. The van der Waals surface area contributed by atoms with E-state index in [1.54, 1.807) is 12.5 Å². The van der Waals surface area contributed by atoms with Crippen LogP contribution in [0.15, 0.2) is 46.5 Å². The highest BCUT2D eigenvalue weighted by Gasteiger charge is 2.24. The van der Waals surface area contributed by atoms with Crippen molar-refractivity contribution in [1.82, 2.24) is 25.1 Å². The van der Waals surface area contributed by atoms with Crippen molar-refractivity contribution in [2.75, 3.05) is 32.7 Å². The number of hydrogen-bond acceptors (Lipinski definition) is 4. The zero-order chi connectivity index (χ0) is 18.0. The molecule has 1 aliphatic rings. The fourth-order valence-corrected chi connectivity index (χ4v) is 3.34. The molecule has 1 fully saturated rings. The zero-order valence-corrected chi connectivity index (χ0v) is 15.6. The molecule has 7 nitrogen and oxygen atoms in total. The highest BCUT2D eigenvalue weighted by Crippen LogP contribution is 2.25. The van der Waals surface area contributed by atoms with Crippen molar-refractivity contribution in [3.63, 3.8) is 0 Å². The summed E-state index contributed by atoms with van der Waals surface area (Å²) >= 11 is 0. The van der Waals surface area contributed by atoms with Crippen molar-refractivity contribution in [2.45, 2.75) is 38.8 Å². The first-order valence-electron chi connectivity index (χ1n) is 9.62. The van der Waals surface area contributed by atoms with Crippen molar-refractivity contribution in [1.29, 1.82) is 0 Å². The zero-order valence-electron chi connectivity index (χ0n) is 15.6. The van der Waals surface area contributed by atoms with E-state index in [0.29, 0.717) is 6.54 Å². The van der Waals surface area contributed by atoms with Crippen molar-refractivity contribution < 1.29 is 4.42 Å². The molecule has 0 saturated carbocycles. The molecule has 0 aliphatic carbocycles.